The first-order valence-electron chi connectivity index (χ1n) is 8.90. The zero-order chi connectivity index (χ0) is 17.5. The molecule has 1 atom stereocenters. The van der Waals surface area contributed by atoms with E-state index in [0.29, 0.717) is 19.6 Å². The van der Waals surface area contributed by atoms with Crippen LogP contribution in [0.25, 0.3) is 0 Å². The van der Waals surface area contributed by atoms with Gasteiger partial charge in [-0.2, -0.15) is 0 Å². The molecule has 4 nitrogen and oxygen atoms in total. The van der Waals surface area contributed by atoms with Crippen molar-refractivity contribution in [3.8, 4) is 0 Å². The van der Waals surface area contributed by atoms with Crippen LogP contribution in [-0.4, -0.2) is 36.6 Å². The van der Waals surface area contributed by atoms with Crippen molar-refractivity contribution in [2.75, 3.05) is 19.7 Å². The van der Waals surface area contributed by atoms with E-state index in [-0.39, 0.29) is 12.0 Å². The highest BCUT2D eigenvalue weighted by Gasteiger charge is 2.18. The molecule has 1 aromatic heterocycles. The Kier molecular flexibility index (Phi) is 6.62. The molecule has 5 heteroatoms. The van der Waals surface area contributed by atoms with Gasteiger partial charge in [0.1, 0.15) is 0 Å². The number of carbonyl (C=O) groups is 1. The average Bonchev–Trinajstić information content (AvgIpc) is 3.27. The summed E-state index contributed by atoms with van der Waals surface area (Å²) in [6, 6.07) is 14.4. The van der Waals surface area contributed by atoms with Gasteiger partial charge >= 0.3 is 0 Å². The normalized spacial score (nSPS) is 16.9. The summed E-state index contributed by atoms with van der Waals surface area (Å²) in [5.74, 6) is 0.132. The molecular formula is C20H26N2O2S. The summed E-state index contributed by atoms with van der Waals surface area (Å²) in [5, 5.41) is 3.27. The van der Waals surface area contributed by atoms with Crippen molar-refractivity contribution in [2.24, 2.45) is 0 Å². The lowest BCUT2D eigenvalue weighted by Gasteiger charge is -2.23. The van der Waals surface area contributed by atoms with Crippen LogP contribution in [0.1, 0.15) is 28.2 Å². The van der Waals surface area contributed by atoms with E-state index >= 15 is 0 Å². The Morgan fingerprint density at radius 1 is 1.24 bits per heavy atom. The monoisotopic (exact) mass is 358 g/mol. The smallest absolute Gasteiger partial charge is 0.237 e. The summed E-state index contributed by atoms with van der Waals surface area (Å²) in [4.78, 5) is 17.2. The van der Waals surface area contributed by atoms with Gasteiger partial charge in [-0.3, -0.25) is 4.79 Å². The molecule has 1 amide bonds. The number of nitrogens with zero attached hydrogens (tertiary/aromatic N) is 1. The summed E-state index contributed by atoms with van der Waals surface area (Å²) >= 11 is 1.75. The largest absolute Gasteiger partial charge is 0.377 e. The molecule has 0 spiro atoms. The highest BCUT2D eigenvalue weighted by molar-refractivity contribution is 7.11. The molecule has 1 aliphatic rings. The van der Waals surface area contributed by atoms with Crippen LogP contribution in [-0.2, 0) is 22.6 Å². The number of ether oxygens (including phenoxy) is 1. The predicted octanol–water partition coefficient (Wildman–Crippen LogP) is 3.35. The zero-order valence-corrected chi connectivity index (χ0v) is 15.6. The van der Waals surface area contributed by atoms with Crippen LogP contribution in [0.15, 0.2) is 42.5 Å². The van der Waals surface area contributed by atoms with Gasteiger partial charge in [0.2, 0.25) is 5.91 Å². The van der Waals surface area contributed by atoms with Crippen LogP contribution in [0, 0.1) is 6.92 Å². The Labute approximate surface area is 153 Å². The maximum atomic E-state index is 12.8. The second kappa shape index (κ2) is 9.13. The molecule has 2 aromatic rings. The number of thiophene rings is 1. The second-order valence-corrected chi connectivity index (χ2v) is 7.89. The number of hydrogen-bond acceptors (Lipinski definition) is 4. The molecule has 1 fully saturated rings. The van der Waals surface area contributed by atoms with Crippen LogP contribution >= 0.6 is 11.3 Å². The van der Waals surface area contributed by atoms with Crippen molar-refractivity contribution in [1.29, 1.82) is 0 Å². The van der Waals surface area contributed by atoms with Crippen molar-refractivity contribution in [1.82, 2.24) is 10.2 Å². The number of carbonyl (C=O) groups excluding carboxylic acids is 1. The van der Waals surface area contributed by atoms with Crippen molar-refractivity contribution in [3.63, 3.8) is 0 Å². The number of rotatable bonds is 8. The molecular weight excluding hydrogens is 332 g/mol. The summed E-state index contributed by atoms with van der Waals surface area (Å²) in [6.45, 7) is 5.35. The van der Waals surface area contributed by atoms with Gasteiger partial charge in [-0.15, -0.1) is 11.3 Å². The van der Waals surface area contributed by atoms with E-state index in [4.69, 9.17) is 4.74 Å². The molecule has 25 heavy (non-hydrogen) atoms. The summed E-state index contributed by atoms with van der Waals surface area (Å²) in [5.41, 5.74) is 1.16. The molecule has 1 saturated heterocycles. The third kappa shape index (κ3) is 5.66. The lowest BCUT2D eigenvalue weighted by Crippen LogP contribution is -2.39. The number of hydrogen-bond donors (Lipinski definition) is 1. The third-order valence-electron chi connectivity index (χ3n) is 4.38. The minimum absolute atomic E-state index is 0.132. The van der Waals surface area contributed by atoms with Crippen molar-refractivity contribution in [2.45, 2.75) is 39.0 Å². The van der Waals surface area contributed by atoms with Gasteiger partial charge in [-0.25, -0.2) is 0 Å². The Morgan fingerprint density at radius 2 is 2.08 bits per heavy atom. The van der Waals surface area contributed by atoms with Crippen molar-refractivity contribution in [3.05, 3.63) is 57.8 Å². The highest BCUT2D eigenvalue weighted by atomic mass is 32.1. The molecule has 0 aliphatic carbocycles. The quantitative estimate of drug-likeness (QED) is 0.787. The van der Waals surface area contributed by atoms with Gasteiger partial charge in [0.25, 0.3) is 0 Å². The van der Waals surface area contributed by atoms with Gasteiger partial charge < -0.3 is 15.0 Å². The van der Waals surface area contributed by atoms with Crippen LogP contribution in [0.2, 0.25) is 0 Å². The maximum Gasteiger partial charge on any atom is 0.237 e. The topological polar surface area (TPSA) is 41.6 Å². The fourth-order valence-electron chi connectivity index (χ4n) is 3.05. The summed E-state index contributed by atoms with van der Waals surface area (Å²) in [6.07, 6.45) is 2.47. The number of benzene rings is 1. The minimum atomic E-state index is 0.132. The van der Waals surface area contributed by atoms with E-state index in [2.05, 4.69) is 36.5 Å². The van der Waals surface area contributed by atoms with Crippen LogP contribution in [0.5, 0.6) is 0 Å². The SMILES string of the molecule is Cc1ccc(CN(Cc2ccccc2)C(=O)CNCC2CCCO2)s1. The molecule has 1 aliphatic heterocycles. The lowest BCUT2D eigenvalue weighted by atomic mass is 10.2. The van der Waals surface area contributed by atoms with Crippen molar-refractivity contribution < 1.29 is 9.53 Å². The highest BCUT2D eigenvalue weighted by Crippen LogP contribution is 2.18. The van der Waals surface area contributed by atoms with Gasteiger partial charge in [-0.1, -0.05) is 30.3 Å². The fourth-order valence-corrected chi connectivity index (χ4v) is 3.96. The Morgan fingerprint density at radius 3 is 2.76 bits per heavy atom. The zero-order valence-electron chi connectivity index (χ0n) is 14.7. The van der Waals surface area contributed by atoms with Crippen molar-refractivity contribution >= 4 is 17.2 Å². The molecule has 2 heterocycles. The van der Waals surface area contributed by atoms with E-state index < -0.39 is 0 Å². The Hall–Kier alpha value is -1.69. The van der Waals surface area contributed by atoms with Gasteiger partial charge in [-0.05, 0) is 37.5 Å². The molecule has 0 radical (unpaired) electrons. The van der Waals surface area contributed by atoms with E-state index in [9.17, 15) is 4.79 Å². The molecule has 134 valence electrons. The molecule has 0 bridgehead atoms. The van der Waals surface area contributed by atoms with E-state index in [0.717, 1.165) is 31.6 Å². The van der Waals surface area contributed by atoms with Crippen LogP contribution in [0.4, 0.5) is 0 Å². The summed E-state index contributed by atoms with van der Waals surface area (Å²) < 4.78 is 5.60. The van der Waals surface area contributed by atoms with Crippen LogP contribution < -0.4 is 5.32 Å². The number of aryl methyl sites for hydroxylation is 1. The molecule has 0 saturated carbocycles. The maximum absolute atomic E-state index is 12.8. The van der Waals surface area contributed by atoms with Gasteiger partial charge in [0.05, 0.1) is 19.2 Å². The minimum Gasteiger partial charge on any atom is -0.377 e. The first kappa shape index (κ1) is 18.1. The fraction of sp³-hybridized carbons (Fsp3) is 0.450. The Bertz CT molecular complexity index is 665. The van der Waals surface area contributed by atoms with Crippen LogP contribution in [0.3, 0.4) is 0 Å². The first-order valence-corrected chi connectivity index (χ1v) is 9.71. The molecule has 1 N–H and O–H groups in total. The van der Waals surface area contributed by atoms with Gasteiger partial charge in [0.15, 0.2) is 0 Å². The number of amides is 1. The Balaban J connectivity index is 1.58. The third-order valence-corrected chi connectivity index (χ3v) is 5.37. The lowest BCUT2D eigenvalue weighted by molar-refractivity contribution is -0.131. The molecule has 3 rings (SSSR count). The van der Waals surface area contributed by atoms with E-state index in [1.54, 1.807) is 11.3 Å². The predicted molar refractivity (Wildman–Crippen MR) is 102 cm³/mol. The second-order valence-electron chi connectivity index (χ2n) is 6.51. The number of nitrogens with one attached hydrogen (secondary N) is 1. The van der Waals surface area contributed by atoms with E-state index in [1.807, 2.05) is 23.1 Å². The summed E-state index contributed by atoms with van der Waals surface area (Å²) in [7, 11) is 0. The average molecular weight is 359 g/mol. The standard InChI is InChI=1S/C20H26N2O2S/c1-16-9-10-19(25-16)15-22(14-17-6-3-2-4-7-17)20(23)13-21-12-18-8-5-11-24-18/h2-4,6-7,9-10,18,21H,5,8,11-15H2,1H3. The first-order chi connectivity index (χ1) is 12.2. The van der Waals surface area contributed by atoms with E-state index in [1.165, 1.54) is 9.75 Å². The molecule has 1 aromatic carbocycles. The van der Waals surface area contributed by atoms with Gasteiger partial charge in [0, 0.05) is 29.5 Å². The molecule has 1 unspecified atom stereocenters.